The maximum absolute atomic E-state index is 13.0. The van der Waals surface area contributed by atoms with Gasteiger partial charge in [-0.3, -0.25) is 4.79 Å². The van der Waals surface area contributed by atoms with Gasteiger partial charge in [-0.25, -0.2) is 14.2 Å². The van der Waals surface area contributed by atoms with Crippen molar-refractivity contribution < 1.29 is 23.9 Å². The van der Waals surface area contributed by atoms with Crippen LogP contribution in [0, 0.1) is 0 Å². The number of carbonyl (C=O) groups excluding carboxylic acids is 3. The number of carbonyl (C=O) groups is 3. The number of nitrogens with two attached hydrogens (primary N) is 1. The van der Waals surface area contributed by atoms with Crippen molar-refractivity contribution in [3.63, 3.8) is 0 Å². The van der Waals surface area contributed by atoms with Gasteiger partial charge in [0.25, 0.3) is 0 Å². The normalized spacial score (nSPS) is 12.8. The van der Waals surface area contributed by atoms with Gasteiger partial charge in [-0.2, -0.15) is 0 Å². The molecule has 0 fully saturated rings. The van der Waals surface area contributed by atoms with Crippen LogP contribution in [0.4, 0.5) is 10.5 Å². The van der Waals surface area contributed by atoms with Gasteiger partial charge in [-0.05, 0) is 77.8 Å². The number of rotatable bonds is 5. The molecule has 0 bridgehead atoms. The second kappa shape index (κ2) is 9.92. The zero-order chi connectivity index (χ0) is 26.0. The summed E-state index contributed by atoms with van der Waals surface area (Å²) in [6, 6.07) is 15.3. The Bertz CT molecular complexity index is 1230. The molecule has 0 saturated heterocycles. The van der Waals surface area contributed by atoms with Gasteiger partial charge < -0.3 is 20.5 Å². The molecule has 0 unspecified atom stereocenters. The molecule has 8 heteroatoms. The maximum Gasteiger partial charge on any atom is 0.419 e. The molecule has 1 aromatic heterocycles. The Hall–Kier alpha value is -3.65. The van der Waals surface area contributed by atoms with Crippen LogP contribution >= 0.6 is 0 Å². The fourth-order valence-corrected chi connectivity index (χ4v) is 3.47. The second-order valence-corrected chi connectivity index (χ2v) is 10.4. The monoisotopic (exact) mass is 479 g/mol. The molecular weight excluding hydrogens is 446 g/mol. The topological polar surface area (TPSA) is 113 Å². The fraction of sp³-hybridized carbons (Fsp3) is 0.370. The molecule has 3 N–H and O–H groups in total. The van der Waals surface area contributed by atoms with E-state index in [0.717, 1.165) is 5.56 Å². The van der Waals surface area contributed by atoms with Gasteiger partial charge in [0.2, 0.25) is 5.91 Å². The van der Waals surface area contributed by atoms with Crippen molar-refractivity contribution in [1.82, 2.24) is 4.57 Å². The third-order valence-corrected chi connectivity index (χ3v) is 4.89. The Labute approximate surface area is 205 Å². The summed E-state index contributed by atoms with van der Waals surface area (Å²) in [7, 11) is 0. The van der Waals surface area contributed by atoms with Crippen molar-refractivity contribution in [3.8, 4) is 0 Å². The fourth-order valence-electron chi connectivity index (χ4n) is 3.47. The smallest absolute Gasteiger partial charge is 0.419 e. The lowest BCUT2D eigenvalue weighted by molar-refractivity contribution is -0.117. The summed E-state index contributed by atoms with van der Waals surface area (Å²) in [5.41, 5.74) is 6.52. The van der Waals surface area contributed by atoms with E-state index in [9.17, 15) is 14.4 Å². The molecule has 1 atom stereocenters. The molecule has 1 amide bonds. The predicted octanol–water partition coefficient (Wildman–Crippen LogP) is 4.89. The number of esters is 1. The predicted molar refractivity (Wildman–Crippen MR) is 135 cm³/mol. The first-order valence-electron chi connectivity index (χ1n) is 11.5. The molecule has 0 radical (unpaired) electrons. The van der Waals surface area contributed by atoms with Crippen molar-refractivity contribution in [2.75, 3.05) is 5.32 Å². The van der Waals surface area contributed by atoms with Crippen LogP contribution in [0.2, 0.25) is 0 Å². The van der Waals surface area contributed by atoms with Crippen LogP contribution < -0.4 is 11.1 Å². The van der Waals surface area contributed by atoms with E-state index in [2.05, 4.69) is 5.32 Å². The molecule has 0 aliphatic heterocycles. The number of hydrogen-bond donors (Lipinski definition) is 2. The van der Waals surface area contributed by atoms with Crippen LogP contribution in [0.25, 0.3) is 10.9 Å². The van der Waals surface area contributed by atoms with Gasteiger partial charge in [0.15, 0.2) is 0 Å². The summed E-state index contributed by atoms with van der Waals surface area (Å²) < 4.78 is 12.2. The maximum atomic E-state index is 13.0. The molecular formula is C27H33N3O5. The van der Waals surface area contributed by atoms with E-state index in [1.807, 2.05) is 30.3 Å². The molecule has 186 valence electrons. The SMILES string of the molecule is CC(C)(C)OC(=O)c1cc2cc(NC(=O)[C@@H](N)Cc3ccccc3)ccc2n1C(=O)OC(C)(C)C. The molecule has 0 spiro atoms. The largest absolute Gasteiger partial charge is 0.455 e. The number of fused-ring (bicyclic) bond motifs is 1. The van der Waals surface area contributed by atoms with Crippen LogP contribution in [0.5, 0.6) is 0 Å². The highest BCUT2D eigenvalue weighted by Crippen LogP contribution is 2.27. The van der Waals surface area contributed by atoms with Crippen LogP contribution in [0.3, 0.4) is 0 Å². The highest BCUT2D eigenvalue weighted by molar-refractivity contribution is 6.03. The molecule has 35 heavy (non-hydrogen) atoms. The summed E-state index contributed by atoms with van der Waals surface area (Å²) in [5, 5.41) is 3.37. The van der Waals surface area contributed by atoms with Crippen LogP contribution in [-0.4, -0.2) is 39.8 Å². The molecule has 1 heterocycles. The minimum Gasteiger partial charge on any atom is -0.455 e. The number of amides is 1. The summed E-state index contributed by atoms with van der Waals surface area (Å²) in [6.07, 6.45) is -0.303. The average Bonchev–Trinajstić information content (AvgIpc) is 3.11. The highest BCUT2D eigenvalue weighted by Gasteiger charge is 2.28. The summed E-state index contributed by atoms with van der Waals surface area (Å²) in [6.45, 7) is 10.5. The minimum atomic E-state index is -0.762. The third kappa shape index (κ3) is 6.93. The quantitative estimate of drug-likeness (QED) is 0.504. The van der Waals surface area contributed by atoms with Crippen LogP contribution in [-0.2, 0) is 20.7 Å². The van der Waals surface area contributed by atoms with E-state index >= 15 is 0 Å². The first-order chi connectivity index (χ1) is 16.2. The Morgan fingerprint density at radius 3 is 2.14 bits per heavy atom. The number of nitrogens with one attached hydrogen (secondary N) is 1. The van der Waals surface area contributed by atoms with Crippen molar-refractivity contribution in [2.45, 2.75) is 65.2 Å². The van der Waals surface area contributed by atoms with Gasteiger partial charge >= 0.3 is 12.1 Å². The Morgan fingerprint density at radius 1 is 0.914 bits per heavy atom. The zero-order valence-corrected chi connectivity index (χ0v) is 21.0. The lowest BCUT2D eigenvalue weighted by atomic mass is 10.1. The molecule has 0 saturated carbocycles. The van der Waals surface area contributed by atoms with Crippen molar-refractivity contribution in [3.05, 3.63) is 65.9 Å². The Kier molecular flexibility index (Phi) is 7.36. The molecule has 2 aromatic carbocycles. The number of nitrogens with zero attached hydrogens (tertiary/aromatic N) is 1. The van der Waals surface area contributed by atoms with E-state index in [1.165, 1.54) is 4.57 Å². The van der Waals surface area contributed by atoms with E-state index in [1.54, 1.807) is 65.8 Å². The van der Waals surface area contributed by atoms with E-state index in [4.69, 9.17) is 15.2 Å². The van der Waals surface area contributed by atoms with E-state index < -0.39 is 29.3 Å². The summed E-state index contributed by atoms with van der Waals surface area (Å²) >= 11 is 0. The van der Waals surface area contributed by atoms with Gasteiger partial charge in [-0.15, -0.1) is 0 Å². The Balaban J connectivity index is 1.91. The number of benzene rings is 2. The standard InChI is InChI=1S/C27H33N3O5/c1-26(2,3)34-24(32)22-16-18-15-19(12-13-21(18)30(22)25(33)35-27(4,5)6)29-23(31)20(28)14-17-10-8-7-9-11-17/h7-13,15-16,20H,14,28H2,1-6H3,(H,29,31)/t20-/m0/s1. The van der Waals surface area contributed by atoms with Crippen molar-refractivity contribution >= 4 is 34.6 Å². The van der Waals surface area contributed by atoms with E-state index in [-0.39, 0.29) is 11.6 Å². The minimum absolute atomic E-state index is 0.0356. The van der Waals surface area contributed by atoms with E-state index in [0.29, 0.717) is 23.0 Å². The van der Waals surface area contributed by atoms with Crippen LogP contribution in [0.15, 0.2) is 54.6 Å². The number of ether oxygens (including phenoxy) is 2. The third-order valence-electron chi connectivity index (χ3n) is 4.89. The number of hydrogen-bond acceptors (Lipinski definition) is 6. The molecule has 3 aromatic rings. The lowest BCUT2D eigenvalue weighted by Gasteiger charge is -2.22. The second-order valence-electron chi connectivity index (χ2n) is 10.4. The van der Waals surface area contributed by atoms with Gasteiger partial charge in [-0.1, -0.05) is 30.3 Å². The molecule has 3 rings (SSSR count). The molecule has 8 nitrogen and oxygen atoms in total. The molecule has 0 aliphatic rings. The van der Waals surface area contributed by atoms with Crippen molar-refractivity contribution in [1.29, 1.82) is 0 Å². The summed E-state index contributed by atoms with van der Waals surface area (Å²) in [4.78, 5) is 38.6. The van der Waals surface area contributed by atoms with Gasteiger partial charge in [0.1, 0.15) is 16.9 Å². The average molecular weight is 480 g/mol. The summed E-state index contributed by atoms with van der Waals surface area (Å²) in [5.74, 6) is -0.998. The first kappa shape index (κ1) is 26.0. The number of anilines is 1. The Morgan fingerprint density at radius 2 is 1.54 bits per heavy atom. The van der Waals surface area contributed by atoms with Crippen LogP contribution in [0.1, 0.15) is 57.6 Å². The first-order valence-corrected chi connectivity index (χ1v) is 11.5. The highest BCUT2D eigenvalue weighted by atomic mass is 16.6. The zero-order valence-electron chi connectivity index (χ0n) is 21.0. The van der Waals surface area contributed by atoms with Gasteiger partial charge in [0.05, 0.1) is 11.6 Å². The lowest BCUT2D eigenvalue weighted by Crippen LogP contribution is -2.37. The molecule has 0 aliphatic carbocycles. The van der Waals surface area contributed by atoms with Gasteiger partial charge in [0, 0.05) is 11.1 Å². The number of aromatic nitrogens is 1. The van der Waals surface area contributed by atoms with Crippen molar-refractivity contribution in [2.24, 2.45) is 5.73 Å².